The van der Waals surface area contributed by atoms with E-state index in [1.165, 1.54) is 0 Å². The minimum atomic E-state index is -0.722. The maximum absolute atomic E-state index is 12.1. The fraction of sp³-hybridized carbons (Fsp3) is 0.645. The predicted octanol–water partition coefficient (Wildman–Crippen LogP) is 6.86. The van der Waals surface area contributed by atoms with Crippen LogP contribution < -0.4 is 5.32 Å². The van der Waals surface area contributed by atoms with Crippen molar-refractivity contribution in [1.29, 1.82) is 5.26 Å². The molecule has 37 heavy (non-hydrogen) atoms. The molecule has 198 valence electrons. The zero-order chi connectivity index (χ0) is 27.8. The second kappa shape index (κ2) is 8.35. The van der Waals surface area contributed by atoms with Crippen LogP contribution >= 0.6 is 0 Å². The van der Waals surface area contributed by atoms with E-state index in [-0.39, 0.29) is 27.6 Å². The SMILES string of the molecule is C/C(C1=NC(C)(C#N)C(C)(C)C1)=C1N=C(/C=C2N=C(/C(C)=C3\NC(=O)CC3(C)C)CC\2(C)C)CC/1(C)C. The molecule has 1 unspecified atom stereocenters. The van der Waals surface area contributed by atoms with Crippen molar-refractivity contribution in [1.82, 2.24) is 5.32 Å². The molecule has 1 saturated heterocycles. The van der Waals surface area contributed by atoms with E-state index in [1.807, 2.05) is 6.92 Å². The molecular formula is C31H43N5O. The Morgan fingerprint density at radius 1 is 0.838 bits per heavy atom. The molecule has 0 spiro atoms. The third-order valence-electron chi connectivity index (χ3n) is 9.02. The van der Waals surface area contributed by atoms with E-state index in [0.717, 1.165) is 64.6 Å². The molecule has 0 aromatic carbocycles. The Morgan fingerprint density at radius 2 is 1.49 bits per heavy atom. The second-order valence-corrected chi connectivity index (χ2v) is 14.2. The maximum Gasteiger partial charge on any atom is 0.225 e. The van der Waals surface area contributed by atoms with Gasteiger partial charge < -0.3 is 5.32 Å². The molecule has 4 heterocycles. The van der Waals surface area contributed by atoms with Gasteiger partial charge in [-0.25, -0.2) is 0 Å². The molecule has 1 atom stereocenters. The number of amides is 1. The quantitative estimate of drug-likeness (QED) is 0.458. The summed E-state index contributed by atoms with van der Waals surface area (Å²) in [6, 6.07) is 2.44. The highest BCUT2D eigenvalue weighted by molar-refractivity contribution is 6.07. The molecular weight excluding hydrogens is 458 g/mol. The van der Waals surface area contributed by atoms with Gasteiger partial charge in [0.05, 0.1) is 11.8 Å². The van der Waals surface area contributed by atoms with Gasteiger partial charge in [-0.2, -0.15) is 5.26 Å². The minimum absolute atomic E-state index is 0.0792. The van der Waals surface area contributed by atoms with E-state index in [9.17, 15) is 10.1 Å². The van der Waals surface area contributed by atoms with Gasteiger partial charge in [0, 0.05) is 69.5 Å². The van der Waals surface area contributed by atoms with Gasteiger partial charge in [-0.1, -0.05) is 55.4 Å². The zero-order valence-electron chi connectivity index (χ0n) is 24.6. The highest BCUT2D eigenvalue weighted by atomic mass is 16.2. The molecule has 1 amide bonds. The smallest absolute Gasteiger partial charge is 0.225 e. The molecule has 1 N–H and O–H groups in total. The normalized spacial score (nSPS) is 33.1. The summed E-state index contributed by atoms with van der Waals surface area (Å²) in [7, 11) is 0. The van der Waals surface area contributed by atoms with Crippen molar-refractivity contribution in [3.8, 4) is 6.07 Å². The van der Waals surface area contributed by atoms with Crippen molar-refractivity contribution >= 4 is 23.0 Å². The lowest BCUT2D eigenvalue weighted by molar-refractivity contribution is -0.119. The number of allylic oxidation sites excluding steroid dienone is 6. The fourth-order valence-electron chi connectivity index (χ4n) is 6.16. The average Bonchev–Trinajstić information content (AvgIpc) is 3.40. The van der Waals surface area contributed by atoms with Gasteiger partial charge in [-0.05, 0) is 44.4 Å². The van der Waals surface area contributed by atoms with E-state index in [2.05, 4.69) is 86.7 Å². The lowest BCUT2D eigenvalue weighted by Crippen LogP contribution is -2.34. The Morgan fingerprint density at radius 3 is 2.03 bits per heavy atom. The van der Waals surface area contributed by atoms with Crippen molar-refractivity contribution in [3.63, 3.8) is 0 Å². The first kappa shape index (κ1) is 27.2. The van der Waals surface area contributed by atoms with Crippen molar-refractivity contribution in [2.75, 3.05) is 0 Å². The van der Waals surface area contributed by atoms with Gasteiger partial charge in [-0.15, -0.1) is 0 Å². The number of nitriles is 1. The molecule has 0 aromatic heterocycles. The van der Waals surface area contributed by atoms with Crippen molar-refractivity contribution in [3.05, 3.63) is 34.3 Å². The maximum atomic E-state index is 12.1. The number of aliphatic imine (C=N–C) groups is 3. The number of rotatable bonds is 3. The molecule has 0 bridgehead atoms. The first-order chi connectivity index (χ1) is 16.8. The molecule has 6 nitrogen and oxygen atoms in total. The number of carbonyl (C=O) groups is 1. The summed E-state index contributed by atoms with van der Waals surface area (Å²) in [6.45, 7) is 23.5. The molecule has 6 heteroatoms. The van der Waals surface area contributed by atoms with E-state index < -0.39 is 5.54 Å². The van der Waals surface area contributed by atoms with Gasteiger partial charge in [0.15, 0.2) is 0 Å². The topological polar surface area (TPSA) is 90.0 Å². The van der Waals surface area contributed by atoms with Crippen LogP contribution in [-0.4, -0.2) is 28.6 Å². The monoisotopic (exact) mass is 501 g/mol. The van der Waals surface area contributed by atoms with Gasteiger partial charge in [0.2, 0.25) is 5.91 Å². The number of hydrogen-bond acceptors (Lipinski definition) is 5. The summed E-state index contributed by atoms with van der Waals surface area (Å²) in [6.07, 6.45) is 5.12. The van der Waals surface area contributed by atoms with Crippen LogP contribution in [0.25, 0.3) is 0 Å². The third kappa shape index (κ3) is 4.56. The van der Waals surface area contributed by atoms with E-state index >= 15 is 0 Å². The molecule has 4 aliphatic rings. The van der Waals surface area contributed by atoms with Crippen LogP contribution in [0.5, 0.6) is 0 Å². The molecule has 4 rings (SSSR count). The lowest BCUT2D eigenvalue weighted by Gasteiger charge is -2.29. The van der Waals surface area contributed by atoms with Crippen LogP contribution in [0.4, 0.5) is 0 Å². The largest absolute Gasteiger partial charge is 0.329 e. The van der Waals surface area contributed by atoms with Gasteiger partial charge in [-0.3, -0.25) is 19.8 Å². The number of nitrogens with zero attached hydrogens (tertiary/aromatic N) is 4. The number of nitrogens with one attached hydrogen (secondary N) is 1. The molecule has 4 aliphatic heterocycles. The van der Waals surface area contributed by atoms with Crippen LogP contribution in [0.3, 0.4) is 0 Å². The van der Waals surface area contributed by atoms with Crippen LogP contribution in [0.15, 0.2) is 49.3 Å². The van der Waals surface area contributed by atoms with Crippen LogP contribution in [-0.2, 0) is 4.79 Å². The van der Waals surface area contributed by atoms with E-state index in [1.54, 1.807) is 0 Å². The Labute approximate surface area is 222 Å². The van der Waals surface area contributed by atoms with E-state index in [4.69, 9.17) is 15.0 Å². The molecule has 0 aliphatic carbocycles. The number of carbonyl (C=O) groups excluding carboxylic acids is 1. The Hall–Kier alpha value is -2.81. The standard InChI is InChI=1S/C31H43N5O/c1-18(26-29(7,8)16-24(37)35-26)21-14-27(3,4)23(34-21)12-20-13-28(5,6)25(33-20)19(2)22-15-30(9,10)31(11,17-32)36-22/h12H,13-16H2,1-11H3,(H,35,37)/b23-12-,25-19-,26-18-. The fourth-order valence-corrected chi connectivity index (χ4v) is 6.16. The molecule has 1 fully saturated rings. The summed E-state index contributed by atoms with van der Waals surface area (Å²) >= 11 is 0. The Bertz CT molecular complexity index is 1300. The van der Waals surface area contributed by atoms with Crippen LogP contribution in [0.2, 0.25) is 0 Å². The van der Waals surface area contributed by atoms with Crippen LogP contribution in [0.1, 0.15) is 102 Å². The lowest BCUT2D eigenvalue weighted by atomic mass is 9.73. The highest BCUT2D eigenvalue weighted by Gasteiger charge is 2.48. The Balaban J connectivity index is 1.72. The first-order valence-electron chi connectivity index (χ1n) is 13.4. The molecule has 0 aromatic rings. The number of hydrogen-bond donors (Lipinski definition) is 1. The van der Waals surface area contributed by atoms with Gasteiger partial charge in [0.25, 0.3) is 0 Å². The van der Waals surface area contributed by atoms with Crippen LogP contribution in [0, 0.1) is 33.0 Å². The van der Waals surface area contributed by atoms with Gasteiger partial charge >= 0.3 is 0 Å². The first-order valence-corrected chi connectivity index (χ1v) is 13.4. The summed E-state index contributed by atoms with van der Waals surface area (Å²) in [4.78, 5) is 27.2. The molecule has 0 saturated carbocycles. The zero-order valence-corrected chi connectivity index (χ0v) is 24.6. The predicted molar refractivity (Wildman–Crippen MR) is 152 cm³/mol. The summed E-state index contributed by atoms with van der Waals surface area (Å²) < 4.78 is 0. The average molecular weight is 502 g/mol. The van der Waals surface area contributed by atoms with Crippen molar-refractivity contribution < 1.29 is 4.79 Å². The summed E-state index contributed by atoms with van der Waals surface area (Å²) in [5.74, 6) is 0.0792. The van der Waals surface area contributed by atoms with Gasteiger partial charge in [0.1, 0.15) is 5.54 Å². The van der Waals surface area contributed by atoms with E-state index in [0.29, 0.717) is 6.42 Å². The highest BCUT2D eigenvalue weighted by Crippen LogP contribution is 2.48. The second-order valence-electron chi connectivity index (χ2n) is 14.2. The summed E-state index contributed by atoms with van der Waals surface area (Å²) in [5, 5.41) is 12.9. The summed E-state index contributed by atoms with van der Waals surface area (Å²) in [5.41, 5.74) is 6.98. The van der Waals surface area contributed by atoms with Crippen molar-refractivity contribution in [2.45, 2.75) is 107 Å². The Kier molecular flexibility index (Phi) is 6.14. The van der Waals surface area contributed by atoms with Crippen molar-refractivity contribution in [2.24, 2.45) is 36.6 Å². The third-order valence-corrected chi connectivity index (χ3v) is 9.02. The molecule has 0 radical (unpaired) electrons. The minimum Gasteiger partial charge on any atom is -0.329 e.